The standard InChI is InChI=1S/C16H23N3O/c1-11(17)9-10-16(2,3)14-15(20)19(4)13-8-6-5-7-12(13)18-14/h5-8,14,17-18H,9-10H2,1-4H3/p+1. The second-order valence-electron chi connectivity index (χ2n) is 6.37. The number of nitrogens with zero attached hydrogens (tertiary/aromatic N) is 1. The van der Waals surface area contributed by atoms with Crippen molar-refractivity contribution in [3.05, 3.63) is 24.3 Å². The van der Waals surface area contributed by atoms with Crippen LogP contribution in [0.1, 0.15) is 33.6 Å². The largest absolute Gasteiger partial charge is 0.310 e. The van der Waals surface area contributed by atoms with E-state index >= 15 is 0 Å². The summed E-state index contributed by atoms with van der Waals surface area (Å²) in [5.41, 5.74) is 2.64. The fourth-order valence-corrected chi connectivity index (χ4v) is 2.74. The minimum atomic E-state index is -0.138. The summed E-state index contributed by atoms with van der Waals surface area (Å²) >= 11 is 0. The first-order valence-corrected chi connectivity index (χ1v) is 7.08. The van der Waals surface area contributed by atoms with Crippen molar-refractivity contribution < 1.29 is 10.1 Å². The third-order valence-electron chi connectivity index (χ3n) is 4.23. The van der Waals surface area contributed by atoms with E-state index in [1.165, 1.54) is 0 Å². The second-order valence-corrected chi connectivity index (χ2v) is 6.37. The van der Waals surface area contributed by atoms with Crippen molar-refractivity contribution in [2.24, 2.45) is 5.41 Å². The van der Waals surface area contributed by atoms with Gasteiger partial charge in [0, 0.05) is 24.2 Å². The summed E-state index contributed by atoms with van der Waals surface area (Å²) < 4.78 is 0. The van der Waals surface area contributed by atoms with E-state index < -0.39 is 0 Å². The molecule has 1 atom stereocenters. The molecule has 108 valence electrons. The molecule has 1 aromatic rings. The van der Waals surface area contributed by atoms with Gasteiger partial charge in [-0.2, -0.15) is 0 Å². The lowest BCUT2D eigenvalue weighted by molar-refractivity contribution is -0.612. The van der Waals surface area contributed by atoms with Crippen LogP contribution in [0.25, 0.3) is 0 Å². The molecule has 1 unspecified atom stereocenters. The monoisotopic (exact) mass is 274 g/mol. The van der Waals surface area contributed by atoms with Crippen LogP contribution in [0, 0.1) is 10.8 Å². The van der Waals surface area contributed by atoms with E-state index in [0.717, 1.165) is 24.2 Å². The van der Waals surface area contributed by atoms with Crippen LogP contribution < -0.4 is 10.2 Å². The van der Waals surface area contributed by atoms with Gasteiger partial charge in [-0.3, -0.25) is 4.79 Å². The first kappa shape index (κ1) is 14.7. The number of para-hydroxylation sites is 2. The van der Waals surface area contributed by atoms with Crippen molar-refractivity contribution in [2.75, 3.05) is 11.9 Å². The van der Waals surface area contributed by atoms with E-state index in [9.17, 15) is 4.79 Å². The Morgan fingerprint density at radius 1 is 1.40 bits per heavy atom. The van der Waals surface area contributed by atoms with Gasteiger partial charge < -0.3 is 15.6 Å². The first-order valence-electron chi connectivity index (χ1n) is 7.08. The number of likely N-dealkylation sites (N-methyl/N-ethyl adjacent to an activating group) is 1. The molecule has 1 heterocycles. The fourth-order valence-electron chi connectivity index (χ4n) is 2.74. The zero-order valence-corrected chi connectivity index (χ0v) is 12.7. The zero-order valence-electron chi connectivity index (χ0n) is 12.7. The molecule has 3 N–H and O–H groups in total. The lowest BCUT2D eigenvalue weighted by Crippen LogP contribution is -2.93. The average molecular weight is 274 g/mol. The molecule has 20 heavy (non-hydrogen) atoms. The summed E-state index contributed by atoms with van der Waals surface area (Å²) in [7, 11) is 1.85. The Labute approximate surface area is 120 Å². The van der Waals surface area contributed by atoms with Gasteiger partial charge >= 0.3 is 0 Å². The van der Waals surface area contributed by atoms with Crippen LogP contribution in [0.2, 0.25) is 0 Å². The van der Waals surface area contributed by atoms with Crippen LogP contribution in [0.3, 0.4) is 0 Å². The summed E-state index contributed by atoms with van der Waals surface area (Å²) in [4.78, 5) is 14.4. The highest BCUT2D eigenvalue weighted by Crippen LogP contribution is 2.32. The van der Waals surface area contributed by atoms with Gasteiger partial charge in [0.1, 0.15) is 5.69 Å². The third kappa shape index (κ3) is 2.75. The number of rotatable bonds is 4. The molecule has 1 amide bonds. The molecular weight excluding hydrogens is 250 g/mol. The van der Waals surface area contributed by atoms with Crippen molar-refractivity contribution in [3.63, 3.8) is 0 Å². The van der Waals surface area contributed by atoms with Crippen molar-refractivity contribution in [3.8, 4) is 0 Å². The van der Waals surface area contributed by atoms with E-state index in [4.69, 9.17) is 5.41 Å². The first-order chi connectivity index (χ1) is 9.33. The Morgan fingerprint density at radius 2 is 2.05 bits per heavy atom. The third-order valence-corrected chi connectivity index (χ3v) is 4.23. The number of nitrogens with one attached hydrogen (secondary N) is 1. The predicted molar refractivity (Wildman–Crippen MR) is 81.6 cm³/mol. The summed E-state index contributed by atoms with van der Waals surface area (Å²) in [5, 5.41) is 9.68. The van der Waals surface area contributed by atoms with E-state index in [0.29, 0.717) is 5.71 Å². The molecule has 1 aliphatic rings. The van der Waals surface area contributed by atoms with E-state index in [1.54, 1.807) is 4.90 Å². The number of quaternary nitrogens is 1. The molecule has 0 aromatic heterocycles. The Balaban J connectivity index is 2.26. The molecule has 2 rings (SSSR count). The van der Waals surface area contributed by atoms with Crippen LogP contribution in [-0.4, -0.2) is 24.7 Å². The van der Waals surface area contributed by atoms with E-state index in [1.807, 2.05) is 32.2 Å². The maximum Gasteiger partial charge on any atom is 0.286 e. The lowest BCUT2D eigenvalue weighted by Gasteiger charge is -2.37. The van der Waals surface area contributed by atoms with Crippen LogP contribution >= 0.6 is 0 Å². The molecular formula is C16H24N3O+. The highest BCUT2D eigenvalue weighted by Gasteiger charge is 2.44. The number of benzene rings is 1. The molecule has 1 aromatic carbocycles. The minimum Gasteiger partial charge on any atom is -0.310 e. The highest BCUT2D eigenvalue weighted by molar-refractivity contribution is 6.00. The highest BCUT2D eigenvalue weighted by atomic mass is 16.2. The van der Waals surface area contributed by atoms with Crippen molar-refractivity contribution >= 4 is 23.0 Å². The van der Waals surface area contributed by atoms with E-state index in [-0.39, 0.29) is 17.4 Å². The number of fused-ring (bicyclic) bond motifs is 1. The van der Waals surface area contributed by atoms with Gasteiger partial charge in [0.2, 0.25) is 0 Å². The topological polar surface area (TPSA) is 60.8 Å². The number of hydrogen-bond donors (Lipinski definition) is 2. The van der Waals surface area contributed by atoms with Gasteiger partial charge in [0.05, 0.1) is 0 Å². The Hall–Kier alpha value is -1.68. The van der Waals surface area contributed by atoms with Crippen molar-refractivity contribution in [1.82, 2.24) is 0 Å². The summed E-state index contributed by atoms with van der Waals surface area (Å²) in [5.74, 6) is 0.149. The predicted octanol–water partition coefficient (Wildman–Crippen LogP) is 2.07. The van der Waals surface area contributed by atoms with E-state index in [2.05, 4.69) is 25.2 Å². The van der Waals surface area contributed by atoms with Crippen molar-refractivity contribution in [2.45, 2.75) is 39.7 Å². The number of anilines is 1. The minimum absolute atomic E-state index is 0.123. The summed E-state index contributed by atoms with van der Waals surface area (Å²) in [6.07, 6.45) is 1.60. The molecule has 0 spiro atoms. The maximum atomic E-state index is 12.6. The Morgan fingerprint density at radius 3 is 2.70 bits per heavy atom. The molecule has 0 saturated carbocycles. The van der Waals surface area contributed by atoms with Gasteiger partial charge in [0.15, 0.2) is 11.7 Å². The van der Waals surface area contributed by atoms with Crippen LogP contribution in [0.15, 0.2) is 24.3 Å². The molecule has 0 fully saturated rings. The van der Waals surface area contributed by atoms with Gasteiger partial charge in [-0.15, -0.1) is 0 Å². The maximum absolute atomic E-state index is 12.6. The molecule has 1 aliphatic heterocycles. The summed E-state index contributed by atoms with van der Waals surface area (Å²) in [6, 6.07) is 7.88. The van der Waals surface area contributed by atoms with Crippen molar-refractivity contribution in [1.29, 1.82) is 5.41 Å². The van der Waals surface area contributed by atoms with Gasteiger partial charge in [0.25, 0.3) is 5.91 Å². The average Bonchev–Trinajstić information content (AvgIpc) is 2.40. The van der Waals surface area contributed by atoms with Gasteiger partial charge in [-0.1, -0.05) is 26.0 Å². The smallest absolute Gasteiger partial charge is 0.286 e. The SMILES string of the molecule is CC(=N)CCC(C)(C)C1[NH2+]c2ccccc2N(C)C1=O. The van der Waals surface area contributed by atoms with Crippen LogP contribution in [-0.2, 0) is 4.79 Å². The molecule has 0 aliphatic carbocycles. The molecule has 0 radical (unpaired) electrons. The zero-order chi connectivity index (χ0) is 14.9. The molecule has 0 bridgehead atoms. The lowest BCUT2D eigenvalue weighted by atomic mass is 9.78. The van der Waals surface area contributed by atoms with Crippen LogP contribution in [0.4, 0.5) is 11.4 Å². The normalized spacial score (nSPS) is 18.9. The molecule has 0 saturated heterocycles. The second kappa shape index (κ2) is 5.37. The number of hydrogen-bond acceptors (Lipinski definition) is 2. The number of carbonyl (C=O) groups excluding carboxylic acids is 1. The quantitative estimate of drug-likeness (QED) is 0.641. The van der Waals surface area contributed by atoms with Gasteiger partial charge in [-0.05, 0) is 25.8 Å². The number of amides is 1. The Kier molecular flexibility index (Phi) is 3.95. The summed E-state index contributed by atoms with van der Waals surface area (Å²) in [6.45, 7) is 6.07. The molecule has 4 heteroatoms. The molecule has 4 nitrogen and oxygen atoms in total. The Bertz CT molecular complexity index is 536. The fraction of sp³-hybridized carbons (Fsp3) is 0.500. The van der Waals surface area contributed by atoms with Gasteiger partial charge in [-0.25, -0.2) is 0 Å². The number of carbonyl (C=O) groups is 1. The number of nitrogens with two attached hydrogens (primary N) is 1. The van der Waals surface area contributed by atoms with Crippen LogP contribution in [0.5, 0.6) is 0 Å².